The Morgan fingerprint density at radius 2 is 2.00 bits per heavy atom. The van der Waals surface area contributed by atoms with Gasteiger partial charge in [0.15, 0.2) is 0 Å². The van der Waals surface area contributed by atoms with Crippen molar-refractivity contribution in [3.63, 3.8) is 0 Å². The highest BCUT2D eigenvalue weighted by atomic mass is 16.5. The monoisotopic (exact) mass is 323 g/mol. The van der Waals surface area contributed by atoms with Gasteiger partial charge < -0.3 is 20.5 Å². The highest BCUT2D eigenvalue weighted by Crippen LogP contribution is 2.20. The number of aliphatic hydroxyl groups excluding tert-OH is 1. The van der Waals surface area contributed by atoms with Gasteiger partial charge in [-0.2, -0.15) is 0 Å². The zero-order valence-corrected chi connectivity index (χ0v) is 14.3. The Bertz CT molecular complexity index is 474. The van der Waals surface area contributed by atoms with E-state index in [1.807, 2.05) is 6.07 Å². The molecule has 6 nitrogen and oxygen atoms in total. The highest BCUT2D eigenvalue weighted by Gasteiger charge is 2.08. The van der Waals surface area contributed by atoms with Gasteiger partial charge in [-0.1, -0.05) is 13.8 Å². The largest absolute Gasteiger partial charge is 0.466 e. The molecule has 0 radical (unpaired) electrons. The molecule has 3 N–H and O–H groups in total. The highest BCUT2D eigenvalue weighted by molar-refractivity contribution is 5.69. The van der Waals surface area contributed by atoms with E-state index in [4.69, 9.17) is 15.6 Å². The summed E-state index contributed by atoms with van der Waals surface area (Å²) in [6.07, 6.45) is 3.60. The fraction of sp³-hybridized carbons (Fsp3) is 0.647. The van der Waals surface area contributed by atoms with E-state index in [1.165, 1.54) is 0 Å². The van der Waals surface area contributed by atoms with E-state index < -0.39 is 0 Å². The third kappa shape index (κ3) is 7.32. The predicted molar refractivity (Wildman–Crippen MR) is 92.4 cm³/mol. The molecule has 6 heteroatoms. The van der Waals surface area contributed by atoms with Crippen LogP contribution in [0, 0.1) is 0 Å². The number of nitrogens with two attached hydrogens (primary N) is 1. The van der Waals surface area contributed by atoms with E-state index in [1.54, 1.807) is 0 Å². The molecule has 0 aliphatic carbocycles. The normalized spacial score (nSPS) is 10.6. The van der Waals surface area contributed by atoms with Crippen LogP contribution < -0.4 is 10.6 Å². The second-order valence-electron chi connectivity index (χ2n) is 5.53. The lowest BCUT2D eigenvalue weighted by atomic mass is 10.2. The van der Waals surface area contributed by atoms with E-state index in [-0.39, 0.29) is 19.0 Å². The molecule has 0 amide bonds. The standard InChI is InChI=1S/C17H29N3O3/c1-3-8-20(9-4-2)15-12-14(19-16(18)13-15)6-5-11-23-17(22)7-10-21/h12-13,21H,3-11H2,1-2H3,(H2,18,19). The molecule has 0 bridgehead atoms. The van der Waals surface area contributed by atoms with Crippen molar-refractivity contribution in [1.82, 2.24) is 4.98 Å². The fourth-order valence-electron chi connectivity index (χ4n) is 2.42. The van der Waals surface area contributed by atoms with Crippen LogP contribution in [0.3, 0.4) is 0 Å². The van der Waals surface area contributed by atoms with Crippen LogP contribution in [0.15, 0.2) is 12.1 Å². The molecule has 0 aliphatic rings. The summed E-state index contributed by atoms with van der Waals surface area (Å²) >= 11 is 0. The van der Waals surface area contributed by atoms with Crippen molar-refractivity contribution in [3.8, 4) is 0 Å². The molecular formula is C17H29N3O3. The van der Waals surface area contributed by atoms with Gasteiger partial charge in [0.25, 0.3) is 0 Å². The Hall–Kier alpha value is -1.82. The van der Waals surface area contributed by atoms with E-state index in [0.29, 0.717) is 25.3 Å². The van der Waals surface area contributed by atoms with Crippen LogP contribution in [0.5, 0.6) is 0 Å². The maximum absolute atomic E-state index is 11.2. The summed E-state index contributed by atoms with van der Waals surface area (Å²) < 4.78 is 5.02. The lowest BCUT2D eigenvalue weighted by molar-refractivity contribution is -0.144. The number of rotatable bonds is 11. The fourth-order valence-corrected chi connectivity index (χ4v) is 2.42. The number of carbonyl (C=O) groups excluding carboxylic acids is 1. The molecule has 0 saturated heterocycles. The van der Waals surface area contributed by atoms with Gasteiger partial charge in [0.1, 0.15) is 5.82 Å². The topological polar surface area (TPSA) is 88.7 Å². The quantitative estimate of drug-likeness (QED) is 0.479. The second kappa shape index (κ2) is 10.8. The van der Waals surface area contributed by atoms with Crippen LogP contribution in [0.1, 0.15) is 45.2 Å². The minimum Gasteiger partial charge on any atom is -0.466 e. The third-order valence-corrected chi connectivity index (χ3v) is 3.39. The maximum atomic E-state index is 11.2. The molecule has 130 valence electrons. The number of hydrogen-bond donors (Lipinski definition) is 2. The summed E-state index contributed by atoms with van der Waals surface area (Å²) in [6, 6.07) is 3.98. The lowest BCUT2D eigenvalue weighted by Crippen LogP contribution is -2.25. The molecular weight excluding hydrogens is 294 g/mol. The Morgan fingerprint density at radius 3 is 2.61 bits per heavy atom. The van der Waals surface area contributed by atoms with Gasteiger partial charge in [-0.05, 0) is 31.7 Å². The van der Waals surface area contributed by atoms with Gasteiger partial charge in [0.05, 0.1) is 19.6 Å². The SMILES string of the molecule is CCCN(CCC)c1cc(N)nc(CCCOC(=O)CCO)c1. The average Bonchev–Trinajstić information content (AvgIpc) is 2.51. The van der Waals surface area contributed by atoms with E-state index in [9.17, 15) is 4.79 Å². The first kappa shape index (κ1) is 19.2. The van der Waals surface area contributed by atoms with Crippen LogP contribution >= 0.6 is 0 Å². The number of aryl methyl sites for hydroxylation is 1. The minimum absolute atomic E-state index is 0.0453. The summed E-state index contributed by atoms with van der Waals surface area (Å²) in [5, 5.41) is 8.64. The summed E-state index contributed by atoms with van der Waals surface area (Å²) in [5.74, 6) is 0.151. The molecule has 1 rings (SSSR count). The zero-order chi connectivity index (χ0) is 17.1. The van der Waals surface area contributed by atoms with Crippen LogP contribution in [0.2, 0.25) is 0 Å². The van der Waals surface area contributed by atoms with Crippen molar-refractivity contribution >= 4 is 17.5 Å². The first-order valence-corrected chi connectivity index (χ1v) is 8.38. The first-order chi connectivity index (χ1) is 11.1. The smallest absolute Gasteiger partial charge is 0.308 e. The van der Waals surface area contributed by atoms with Crippen LogP contribution in [0.4, 0.5) is 11.5 Å². The molecule has 1 aromatic heterocycles. The maximum Gasteiger partial charge on any atom is 0.308 e. The van der Waals surface area contributed by atoms with Gasteiger partial charge in [-0.3, -0.25) is 4.79 Å². The van der Waals surface area contributed by atoms with Crippen LogP contribution in [-0.4, -0.2) is 42.4 Å². The molecule has 1 heterocycles. The molecule has 0 unspecified atom stereocenters. The first-order valence-electron chi connectivity index (χ1n) is 8.38. The predicted octanol–water partition coefficient (Wildman–Crippen LogP) is 2.15. The van der Waals surface area contributed by atoms with Crippen molar-refractivity contribution in [2.75, 3.05) is 36.9 Å². The number of aromatic nitrogens is 1. The average molecular weight is 323 g/mol. The van der Waals surface area contributed by atoms with Crippen molar-refractivity contribution < 1.29 is 14.6 Å². The Kier molecular flexibility index (Phi) is 9.05. The third-order valence-electron chi connectivity index (χ3n) is 3.39. The molecule has 0 atom stereocenters. The number of nitrogens with zero attached hydrogens (tertiary/aromatic N) is 2. The molecule has 23 heavy (non-hydrogen) atoms. The van der Waals surface area contributed by atoms with Crippen LogP contribution in [-0.2, 0) is 16.0 Å². The molecule has 0 aromatic carbocycles. The van der Waals surface area contributed by atoms with E-state index in [2.05, 4.69) is 29.8 Å². The summed E-state index contributed by atoms with van der Waals surface area (Å²) in [5.41, 5.74) is 7.95. The molecule has 0 spiro atoms. The number of anilines is 2. The molecule has 1 aromatic rings. The van der Waals surface area contributed by atoms with Gasteiger partial charge in [-0.25, -0.2) is 4.98 Å². The molecule has 0 fully saturated rings. The van der Waals surface area contributed by atoms with Gasteiger partial charge in [-0.15, -0.1) is 0 Å². The zero-order valence-electron chi connectivity index (χ0n) is 14.3. The number of carbonyl (C=O) groups is 1. The minimum atomic E-state index is -0.370. The van der Waals surface area contributed by atoms with Gasteiger partial charge in [0.2, 0.25) is 0 Å². The number of nitrogen functional groups attached to an aromatic ring is 1. The Labute approximate surface area is 138 Å². The van der Waals surface area contributed by atoms with Crippen molar-refractivity contribution in [2.45, 2.75) is 46.0 Å². The number of pyridine rings is 1. The van der Waals surface area contributed by atoms with E-state index in [0.717, 1.165) is 37.3 Å². The molecule has 0 aliphatic heterocycles. The van der Waals surface area contributed by atoms with Crippen molar-refractivity contribution in [1.29, 1.82) is 0 Å². The van der Waals surface area contributed by atoms with Crippen LogP contribution in [0.25, 0.3) is 0 Å². The Balaban J connectivity index is 2.60. The van der Waals surface area contributed by atoms with Gasteiger partial charge >= 0.3 is 5.97 Å². The second-order valence-corrected chi connectivity index (χ2v) is 5.53. The Morgan fingerprint density at radius 1 is 1.30 bits per heavy atom. The summed E-state index contributed by atoms with van der Waals surface area (Å²) in [4.78, 5) is 17.9. The van der Waals surface area contributed by atoms with Gasteiger partial charge in [0, 0.05) is 30.5 Å². The molecule has 0 saturated carbocycles. The number of hydrogen-bond acceptors (Lipinski definition) is 6. The number of esters is 1. The van der Waals surface area contributed by atoms with Crippen molar-refractivity contribution in [3.05, 3.63) is 17.8 Å². The number of ether oxygens (including phenoxy) is 1. The van der Waals surface area contributed by atoms with Crippen molar-refractivity contribution in [2.24, 2.45) is 0 Å². The van der Waals surface area contributed by atoms with E-state index >= 15 is 0 Å². The summed E-state index contributed by atoms with van der Waals surface area (Å²) in [7, 11) is 0. The number of aliphatic hydroxyl groups is 1. The summed E-state index contributed by atoms with van der Waals surface area (Å²) in [6.45, 7) is 6.47. The lowest BCUT2D eigenvalue weighted by Gasteiger charge is -2.24.